The fraction of sp³-hybridized carbons (Fsp3) is 0.333. The van der Waals surface area contributed by atoms with Crippen LogP contribution in [0.3, 0.4) is 0 Å². The topological polar surface area (TPSA) is 94.3 Å². The van der Waals surface area contributed by atoms with E-state index >= 15 is 0 Å². The molecule has 1 aliphatic rings. The lowest BCUT2D eigenvalue weighted by atomic mass is 9.81. The number of rotatable bonds is 3. The van der Waals surface area contributed by atoms with Crippen LogP contribution in [-0.2, 0) is 11.8 Å². The van der Waals surface area contributed by atoms with Crippen molar-refractivity contribution < 1.29 is 4.79 Å². The molecule has 0 atom stereocenters. The Morgan fingerprint density at radius 1 is 1.26 bits per heavy atom. The standard InChI is InChI=1S/C15H17N7O/c1-15(14(16)23)7-21(8-15)13-12-3-10(6-22(12)19-9-17-13)11-4-18-20(2)5-11/h3-6,9H,7-8H2,1-2H3,(H2,16,23). The molecule has 0 spiro atoms. The monoisotopic (exact) mass is 311 g/mol. The summed E-state index contributed by atoms with van der Waals surface area (Å²) in [5.74, 6) is 0.541. The van der Waals surface area contributed by atoms with Gasteiger partial charge in [0.05, 0.1) is 11.6 Å². The summed E-state index contributed by atoms with van der Waals surface area (Å²) in [6.07, 6.45) is 7.24. The van der Waals surface area contributed by atoms with Crippen molar-refractivity contribution in [2.24, 2.45) is 18.2 Å². The fourth-order valence-corrected chi connectivity index (χ4v) is 2.99. The highest BCUT2D eigenvalue weighted by atomic mass is 16.1. The van der Waals surface area contributed by atoms with Gasteiger partial charge >= 0.3 is 0 Å². The van der Waals surface area contributed by atoms with Crippen LogP contribution in [0, 0.1) is 5.41 Å². The molecule has 0 aliphatic carbocycles. The van der Waals surface area contributed by atoms with Gasteiger partial charge in [0, 0.05) is 43.7 Å². The lowest BCUT2D eigenvalue weighted by Gasteiger charge is -2.46. The van der Waals surface area contributed by atoms with E-state index in [1.54, 1.807) is 9.20 Å². The molecular weight excluding hydrogens is 294 g/mol. The second-order valence-corrected chi connectivity index (χ2v) is 6.33. The number of fused-ring (bicyclic) bond motifs is 1. The fourth-order valence-electron chi connectivity index (χ4n) is 2.99. The normalized spacial score (nSPS) is 16.5. The number of anilines is 1. The third kappa shape index (κ3) is 2.06. The van der Waals surface area contributed by atoms with Crippen LogP contribution in [0.25, 0.3) is 16.6 Å². The molecule has 3 aromatic heterocycles. The number of amides is 1. The third-order valence-electron chi connectivity index (χ3n) is 4.40. The van der Waals surface area contributed by atoms with Gasteiger partial charge in [0.1, 0.15) is 11.8 Å². The number of carbonyl (C=O) groups is 1. The maximum atomic E-state index is 11.5. The number of nitrogens with zero attached hydrogens (tertiary/aromatic N) is 6. The molecule has 118 valence electrons. The summed E-state index contributed by atoms with van der Waals surface area (Å²) in [5.41, 5.74) is 7.92. The van der Waals surface area contributed by atoms with Crippen LogP contribution in [0.5, 0.6) is 0 Å². The van der Waals surface area contributed by atoms with Crippen LogP contribution in [-0.4, -0.2) is 43.4 Å². The molecule has 2 N–H and O–H groups in total. The van der Waals surface area contributed by atoms with Gasteiger partial charge in [-0.2, -0.15) is 10.2 Å². The number of hydrogen-bond donors (Lipinski definition) is 1. The first kappa shape index (κ1) is 13.7. The van der Waals surface area contributed by atoms with E-state index in [1.165, 1.54) is 6.33 Å². The van der Waals surface area contributed by atoms with Gasteiger partial charge in [-0.05, 0) is 13.0 Å². The lowest BCUT2D eigenvalue weighted by Crippen LogP contribution is -2.61. The minimum absolute atomic E-state index is 0.273. The van der Waals surface area contributed by atoms with Crippen LogP contribution in [0.4, 0.5) is 5.82 Å². The average Bonchev–Trinajstić information content (AvgIpc) is 3.08. The molecule has 1 fully saturated rings. The molecule has 0 bridgehead atoms. The Balaban J connectivity index is 1.72. The molecule has 4 rings (SSSR count). The van der Waals surface area contributed by atoms with Crippen molar-refractivity contribution in [2.45, 2.75) is 6.92 Å². The van der Waals surface area contributed by atoms with Crippen molar-refractivity contribution in [1.82, 2.24) is 24.4 Å². The van der Waals surface area contributed by atoms with Gasteiger partial charge < -0.3 is 10.6 Å². The minimum Gasteiger partial charge on any atom is -0.369 e. The van der Waals surface area contributed by atoms with Crippen LogP contribution in [0.15, 0.2) is 31.0 Å². The summed E-state index contributed by atoms with van der Waals surface area (Å²) >= 11 is 0. The molecule has 1 amide bonds. The predicted octanol–water partition coefficient (Wildman–Crippen LogP) is 0.441. The first-order valence-electron chi connectivity index (χ1n) is 7.33. The van der Waals surface area contributed by atoms with Crippen LogP contribution < -0.4 is 10.6 Å². The summed E-state index contributed by atoms with van der Waals surface area (Å²) in [7, 11) is 1.88. The molecule has 0 aromatic carbocycles. The molecule has 1 saturated heterocycles. The van der Waals surface area contributed by atoms with Gasteiger partial charge in [-0.3, -0.25) is 9.48 Å². The van der Waals surface area contributed by atoms with Gasteiger partial charge in [0.15, 0.2) is 5.82 Å². The Morgan fingerprint density at radius 2 is 2.04 bits per heavy atom. The first-order valence-corrected chi connectivity index (χ1v) is 7.33. The molecule has 3 aromatic rings. The summed E-state index contributed by atoms with van der Waals surface area (Å²) < 4.78 is 3.56. The summed E-state index contributed by atoms with van der Waals surface area (Å²) in [6.45, 7) is 3.02. The summed E-state index contributed by atoms with van der Waals surface area (Å²) in [6, 6.07) is 2.03. The van der Waals surface area contributed by atoms with Crippen molar-refractivity contribution in [2.75, 3.05) is 18.0 Å². The van der Waals surface area contributed by atoms with Gasteiger partial charge in [-0.25, -0.2) is 9.50 Å². The van der Waals surface area contributed by atoms with Crippen molar-refractivity contribution in [3.63, 3.8) is 0 Å². The zero-order valence-corrected chi connectivity index (χ0v) is 13.0. The van der Waals surface area contributed by atoms with E-state index in [0.717, 1.165) is 22.5 Å². The van der Waals surface area contributed by atoms with Crippen molar-refractivity contribution in [3.05, 3.63) is 31.0 Å². The summed E-state index contributed by atoms with van der Waals surface area (Å²) in [4.78, 5) is 17.9. The second-order valence-electron chi connectivity index (χ2n) is 6.33. The maximum absolute atomic E-state index is 11.5. The minimum atomic E-state index is -0.485. The van der Waals surface area contributed by atoms with Gasteiger partial charge in [-0.1, -0.05) is 0 Å². The number of hydrogen-bond acceptors (Lipinski definition) is 5. The van der Waals surface area contributed by atoms with Crippen LogP contribution in [0.1, 0.15) is 6.92 Å². The van der Waals surface area contributed by atoms with Crippen molar-refractivity contribution in [1.29, 1.82) is 0 Å². The quantitative estimate of drug-likeness (QED) is 0.757. The van der Waals surface area contributed by atoms with Crippen LogP contribution in [0.2, 0.25) is 0 Å². The Morgan fingerprint density at radius 3 is 2.70 bits per heavy atom. The molecule has 8 nitrogen and oxygen atoms in total. The van der Waals surface area contributed by atoms with Gasteiger partial charge in [0.25, 0.3) is 0 Å². The largest absolute Gasteiger partial charge is 0.369 e. The first-order chi connectivity index (χ1) is 11.0. The molecule has 0 radical (unpaired) electrons. The number of carbonyl (C=O) groups excluding carboxylic acids is 1. The lowest BCUT2D eigenvalue weighted by molar-refractivity contribution is -0.128. The number of aromatic nitrogens is 5. The molecule has 4 heterocycles. The SMILES string of the molecule is Cn1cc(-c2cc3c(N4CC(C)(C(N)=O)C4)ncnn3c2)cn1. The predicted molar refractivity (Wildman–Crippen MR) is 84.7 cm³/mol. The third-order valence-corrected chi connectivity index (χ3v) is 4.40. The van der Waals surface area contributed by atoms with E-state index in [0.29, 0.717) is 13.1 Å². The number of nitrogens with two attached hydrogens (primary N) is 1. The molecule has 0 saturated carbocycles. The van der Waals surface area contributed by atoms with Crippen molar-refractivity contribution in [3.8, 4) is 11.1 Å². The molecule has 0 unspecified atom stereocenters. The summed E-state index contributed by atoms with van der Waals surface area (Å²) in [5, 5.41) is 8.46. The van der Waals surface area contributed by atoms with E-state index in [1.807, 2.05) is 38.6 Å². The number of aryl methyl sites for hydroxylation is 1. The highest BCUT2D eigenvalue weighted by Crippen LogP contribution is 2.35. The highest BCUT2D eigenvalue weighted by molar-refractivity contribution is 5.86. The molecule has 8 heteroatoms. The zero-order chi connectivity index (χ0) is 16.2. The van der Waals surface area contributed by atoms with Crippen molar-refractivity contribution >= 4 is 17.2 Å². The van der Waals surface area contributed by atoms with E-state index in [-0.39, 0.29) is 5.91 Å². The maximum Gasteiger partial charge on any atom is 0.226 e. The second kappa shape index (κ2) is 4.55. The van der Waals surface area contributed by atoms with Gasteiger partial charge in [0.2, 0.25) is 5.91 Å². The molecule has 23 heavy (non-hydrogen) atoms. The van der Waals surface area contributed by atoms with Crippen LogP contribution >= 0.6 is 0 Å². The Kier molecular flexibility index (Phi) is 2.72. The van der Waals surface area contributed by atoms with E-state index in [9.17, 15) is 4.79 Å². The van der Waals surface area contributed by atoms with Gasteiger partial charge in [-0.15, -0.1) is 0 Å². The highest BCUT2D eigenvalue weighted by Gasteiger charge is 2.44. The van der Waals surface area contributed by atoms with E-state index < -0.39 is 5.41 Å². The smallest absolute Gasteiger partial charge is 0.226 e. The number of primary amides is 1. The molecule has 1 aliphatic heterocycles. The van der Waals surface area contributed by atoms with E-state index in [4.69, 9.17) is 5.73 Å². The Labute approximate surface area is 132 Å². The Bertz CT molecular complexity index is 904. The average molecular weight is 311 g/mol. The van der Waals surface area contributed by atoms with E-state index in [2.05, 4.69) is 20.1 Å². The molecular formula is C15H17N7O. The Hall–Kier alpha value is -2.90. The zero-order valence-electron chi connectivity index (χ0n) is 13.0.